The molecule has 0 atom stereocenters. The van der Waals surface area contributed by atoms with Gasteiger partial charge in [-0.3, -0.25) is 4.31 Å². The van der Waals surface area contributed by atoms with Gasteiger partial charge in [0, 0.05) is 16.7 Å². The van der Waals surface area contributed by atoms with E-state index in [1.165, 1.54) is 19.1 Å². The molecule has 6 nitrogen and oxygen atoms in total. The van der Waals surface area contributed by atoms with E-state index in [9.17, 15) is 18.3 Å². The molecule has 1 heterocycles. The summed E-state index contributed by atoms with van der Waals surface area (Å²) < 4.78 is 46.4. The van der Waals surface area contributed by atoms with E-state index in [0.29, 0.717) is 5.56 Å². The Bertz CT molecular complexity index is 767. The van der Waals surface area contributed by atoms with Gasteiger partial charge in [0.15, 0.2) is 11.5 Å². The number of aryl methyl sites for hydroxylation is 1. The predicted octanol–water partition coefficient (Wildman–Crippen LogP) is 0.940. The van der Waals surface area contributed by atoms with E-state index in [2.05, 4.69) is 0 Å². The van der Waals surface area contributed by atoms with Crippen LogP contribution in [-0.4, -0.2) is 35.9 Å². The van der Waals surface area contributed by atoms with Gasteiger partial charge in [-0.15, -0.1) is 0 Å². The van der Waals surface area contributed by atoms with Gasteiger partial charge in [0.25, 0.3) is 10.0 Å². The van der Waals surface area contributed by atoms with Crippen molar-refractivity contribution in [3.05, 3.63) is 35.0 Å². The molecule has 1 aliphatic rings. The van der Waals surface area contributed by atoms with Crippen LogP contribution in [0.4, 0.5) is 0 Å². The molecule has 0 aliphatic carbocycles. The molecule has 2 N–H and O–H groups in total. The molecule has 0 saturated carbocycles. The highest BCUT2D eigenvalue weighted by Gasteiger charge is 2.38. The minimum atomic E-state index is -4.62. The first-order chi connectivity index (χ1) is 9.49. The van der Waals surface area contributed by atoms with Crippen molar-refractivity contribution in [2.45, 2.75) is 11.8 Å². The Kier molecular flexibility index (Phi) is 1.87. The quantitative estimate of drug-likeness (QED) is 0.793. The molecule has 0 saturated heterocycles. The molecule has 7 heteroatoms. The number of benzene rings is 1. The van der Waals surface area contributed by atoms with Gasteiger partial charge in [0.05, 0.1) is 4.90 Å². The van der Waals surface area contributed by atoms with Crippen LogP contribution in [-0.2, 0) is 14.8 Å². The summed E-state index contributed by atoms with van der Waals surface area (Å²) in [6.45, 7) is -1.79. The number of carboxylic acids is 1. The van der Waals surface area contributed by atoms with Crippen molar-refractivity contribution < 1.29 is 27.5 Å². The highest BCUT2D eigenvalue weighted by molar-refractivity contribution is 7.89. The van der Waals surface area contributed by atoms with Crippen molar-refractivity contribution >= 4 is 21.8 Å². The molecule has 0 aromatic heterocycles. The number of fused-ring (bicyclic) bond motifs is 1. The fraction of sp³-hybridized carbons (Fsp3) is 0.182. The number of sulfonamides is 1. The van der Waals surface area contributed by atoms with Crippen molar-refractivity contribution in [3.63, 3.8) is 0 Å². The summed E-state index contributed by atoms with van der Waals surface area (Å²) in [5.41, 5.74) is -1.07. The fourth-order valence-corrected chi connectivity index (χ4v) is 3.15. The van der Waals surface area contributed by atoms with Gasteiger partial charge in [-0.2, -0.15) is 0 Å². The summed E-state index contributed by atoms with van der Waals surface area (Å²) in [6, 6.07) is 3.97. The Labute approximate surface area is 108 Å². The van der Waals surface area contributed by atoms with Crippen molar-refractivity contribution in [2.75, 3.05) is 6.98 Å². The molecule has 1 aromatic carbocycles. The highest BCUT2D eigenvalue weighted by atomic mass is 32.2. The minimum Gasteiger partial charge on any atom is -0.505 e. The lowest BCUT2D eigenvalue weighted by molar-refractivity contribution is -0.133. The summed E-state index contributed by atoms with van der Waals surface area (Å²) in [4.78, 5) is 10.8. The van der Waals surface area contributed by atoms with Crippen molar-refractivity contribution in [3.8, 4) is 0 Å². The van der Waals surface area contributed by atoms with E-state index in [1.54, 1.807) is 0 Å². The third-order valence-electron chi connectivity index (χ3n) is 2.62. The molecule has 0 bridgehead atoms. The molecule has 1 aliphatic heterocycles. The number of nitrogens with zero attached hydrogens (tertiary/aromatic N) is 1. The number of hydrogen-bond acceptors (Lipinski definition) is 4. The van der Waals surface area contributed by atoms with Crippen LogP contribution >= 0.6 is 0 Å². The largest absolute Gasteiger partial charge is 0.505 e. The molecule has 0 fully saturated rings. The van der Waals surface area contributed by atoms with E-state index in [0.717, 1.165) is 6.07 Å². The third kappa shape index (κ3) is 1.47. The van der Waals surface area contributed by atoms with Crippen LogP contribution in [0.5, 0.6) is 0 Å². The summed E-state index contributed by atoms with van der Waals surface area (Å²) in [7, 11) is -4.62. The molecule has 1 aromatic rings. The summed E-state index contributed by atoms with van der Waals surface area (Å²) in [6.07, 6.45) is 0. The van der Waals surface area contributed by atoms with Gasteiger partial charge in [0.2, 0.25) is 0 Å². The zero-order valence-electron chi connectivity index (χ0n) is 12.2. The van der Waals surface area contributed by atoms with Crippen molar-refractivity contribution in [1.29, 1.82) is 0 Å². The normalized spacial score (nSPS) is 20.7. The zero-order valence-corrected chi connectivity index (χ0v) is 10.0. The lowest BCUT2D eigenvalue weighted by atomic mass is 10.1. The Morgan fingerprint density at radius 2 is 2.11 bits per heavy atom. The smallest absolute Gasteiger partial charge is 0.357 e. The molecule has 0 radical (unpaired) electrons. The van der Waals surface area contributed by atoms with Crippen LogP contribution in [0.2, 0.25) is 0 Å². The van der Waals surface area contributed by atoms with Gasteiger partial charge in [-0.1, -0.05) is 12.1 Å². The van der Waals surface area contributed by atoms with Crippen LogP contribution in [0.15, 0.2) is 28.8 Å². The number of aliphatic hydroxyl groups is 1. The number of likely N-dealkylation sites (N-methyl/N-ethyl adjacent to an activating group) is 1. The first kappa shape index (κ1) is 8.98. The predicted molar refractivity (Wildman–Crippen MR) is 63.3 cm³/mol. The van der Waals surface area contributed by atoms with Gasteiger partial charge >= 0.3 is 5.97 Å². The molecular weight excluding hydrogens is 258 g/mol. The molecule has 0 spiro atoms. The zero-order chi connectivity index (χ0) is 16.2. The summed E-state index contributed by atoms with van der Waals surface area (Å²) in [5, 5.41) is 19.2. The first-order valence-corrected chi connectivity index (χ1v) is 6.25. The fourth-order valence-electron chi connectivity index (χ4n) is 1.78. The second-order valence-corrected chi connectivity index (χ2v) is 5.47. The van der Waals surface area contributed by atoms with Gasteiger partial charge in [-0.25, -0.2) is 13.2 Å². The number of carbonyl (C=O) groups is 1. The van der Waals surface area contributed by atoms with E-state index in [1.807, 2.05) is 0 Å². The average molecular weight is 272 g/mol. The Hall–Kier alpha value is -2.02. The number of hydrogen-bond donors (Lipinski definition) is 2. The molecule has 18 heavy (non-hydrogen) atoms. The second kappa shape index (κ2) is 3.74. The van der Waals surface area contributed by atoms with Gasteiger partial charge < -0.3 is 10.2 Å². The van der Waals surface area contributed by atoms with Crippen LogP contribution in [0, 0.1) is 6.92 Å². The lowest BCUT2D eigenvalue weighted by Crippen LogP contribution is -2.35. The number of carboxylic acid groups (broad SMARTS) is 1. The van der Waals surface area contributed by atoms with E-state index in [-0.39, 0.29) is 9.87 Å². The van der Waals surface area contributed by atoms with Crippen molar-refractivity contribution in [2.24, 2.45) is 0 Å². The topological polar surface area (TPSA) is 94.9 Å². The van der Waals surface area contributed by atoms with Gasteiger partial charge in [0.1, 0.15) is 0 Å². The minimum absolute atomic E-state index is 0.199. The van der Waals surface area contributed by atoms with E-state index >= 15 is 0 Å². The summed E-state index contributed by atoms with van der Waals surface area (Å²) in [5.74, 6) is -2.73. The van der Waals surface area contributed by atoms with Crippen LogP contribution in [0.3, 0.4) is 0 Å². The maximum atomic E-state index is 12.4. The number of aliphatic carboxylic acids is 1. The van der Waals surface area contributed by atoms with Crippen molar-refractivity contribution in [1.82, 2.24) is 4.31 Å². The van der Waals surface area contributed by atoms with Gasteiger partial charge in [-0.05, 0) is 18.6 Å². The Balaban J connectivity index is 2.98. The van der Waals surface area contributed by atoms with Crippen LogP contribution in [0.1, 0.15) is 15.2 Å². The molecule has 2 rings (SSSR count). The maximum absolute atomic E-state index is 12.4. The Morgan fingerprint density at radius 1 is 1.44 bits per heavy atom. The molecular formula is C11H11NO5S. The number of aliphatic hydroxyl groups excluding tert-OH is 1. The second-order valence-electron chi connectivity index (χ2n) is 3.72. The highest BCUT2D eigenvalue weighted by Crippen LogP contribution is 2.36. The van der Waals surface area contributed by atoms with Crippen LogP contribution < -0.4 is 0 Å². The third-order valence-corrected chi connectivity index (χ3v) is 4.18. The average Bonchev–Trinajstić information content (AvgIpc) is 2.31. The van der Waals surface area contributed by atoms with E-state index < -0.39 is 39.3 Å². The Morgan fingerprint density at radius 3 is 2.67 bits per heavy atom. The van der Waals surface area contributed by atoms with Crippen LogP contribution in [0.25, 0.3) is 5.76 Å². The SMILES string of the molecule is [2H]C([2H])([2H])N1C(C(=O)O)=C(O)c2c(C)cccc2S1(=O)=O. The molecule has 0 unspecified atom stereocenters. The summed E-state index contributed by atoms with van der Waals surface area (Å²) >= 11 is 0. The standard InChI is InChI=1S/C11H11NO5S/c1-6-4-3-5-7-8(6)10(13)9(11(14)15)12(2)18(7,16)17/h3-5,13H,1-2H3,(H,14,15)/i2D3. The van der Waals surface area contributed by atoms with E-state index in [4.69, 9.17) is 9.22 Å². The number of rotatable bonds is 1. The molecule has 96 valence electrons. The first-order valence-electron chi connectivity index (χ1n) is 6.31. The molecule has 0 amide bonds. The maximum Gasteiger partial charge on any atom is 0.357 e. The lowest BCUT2D eigenvalue weighted by Gasteiger charge is -2.27. The monoisotopic (exact) mass is 272 g/mol.